The molecular formula is C13H16N6O. The van der Waals surface area contributed by atoms with Crippen molar-refractivity contribution in [1.82, 2.24) is 25.5 Å². The van der Waals surface area contributed by atoms with Crippen molar-refractivity contribution >= 4 is 11.6 Å². The molecule has 2 aromatic rings. The van der Waals surface area contributed by atoms with Crippen LogP contribution >= 0.6 is 0 Å². The molecule has 1 aliphatic heterocycles. The quantitative estimate of drug-likeness (QED) is 0.854. The van der Waals surface area contributed by atoms with Gasteiger partial charge in [-0.1, -0.05) is 6.07 Å². The molecule has 1 atom stereocenters. The van der Waals surface area contributed by atoms with E-state index in [1.54, 1.807) is 4.68 Å². The lowest BCUT2D eigenvalue weighted by Gasteiger charge is -2.21. The molecular weight excluding hydrogens is 256 g/mol. The summed E-state index contributed by atoms with van der Waals surface area (Å²) in [5, 5.41) is 17.2. The maximum atomic E-state index is 12.2. The number of nitrogens with zero attached hydrogens (tertiary/aromatic N) is 4. The van der Waals surface area contributed by atoms with Crippen molar-refractivity contribution in [3.05, 3.63) is 30.6 Å². The normalized spacial score (nSPS) is 18.7. The van der Waals surface area contributed by atoms with Gasteiger partial charge in [0.2, 0.25) is 5.91 Å². The first-order valence-electron chi connectivity index (χ1n) is 6.68. The van der Waals surface area contributed by atoms with Gasteiger partial charge < -0.3 is 10.6 Å². The van der Waals surface area contributed by atoms with Crippen LogP contribution in [0, 0.1) is 5.92 Å². The average Bonchev–Trinajstić information content (AvgIpc) is 3.03. The Hall–Kier alpha value is -2.28. The summed E-state index contributed by atoms with van der Waals surface area (Å²) in [5.41, 5.74) is 1.57. The molecule has 1 aromatic carbocycles. The fraction of sp³-hybridized carbons (Fsp3) is 0.385. The molecule has 0 spiro atoms. The second kappa shape index (κ2) is 5.79. The van der Waals surface area contributed by atoms with E-state index in [-0.39, 0.29) is 11.8 Å². The highest BCUT2D eigenvalue weighted by Gasteiger charge is 2.20. The van der Waals surface area contributed by atoms with E-state index in [4.69, 9.17) is 0 Å². The number of benzene rings is 1. The minimum absolute atomic E-state index is 0.0421. The van der Waals surface area contributed by atoms with Gasteiger partial charge in [-0.05, 0) is 48.0 Å². The number of tetrazole rings is 1. The van der Waals surface area contributed by atoms with Crippen LogP contribution in [0.2, 0.25) is 0 Å². The lowest BCUT2D eigenvalue weighted by atomic mass is 9.99. The minimum atomic E-state index is 0.0421. The number of aromatic nitrogens is 4. The molecule has 1 aliphatic rings. The lowest BCUT2D eigenvalue weighted by molar-refractivity contribution is -0.120. The highest BCUT2D eigenvalue weighted by atomic mass is 16.1. The molecule has 104 valence electrons. The van der Waals surface area contributed by atoms with E-state index < -0.39 is 0 Å². The van der Waals surface area contributed by atoms with Gasteiger partial charge in [-0.15, -0.1) is 5.10 Å². The Morgan fingerprint density at radius 3 is 3.15 bits per heavy atom. The summed E-state index contributed by atoms with van der Waals surface area (Å²) in [5.74, 6) is 0.103. The van der Waals surface area contributed by atoms with Crippen LogP contribution in [0.15, 0.2) is 30.6 Å². The zero-order valence-electron chi connectivity index (χ0n) is 11.0. The zero-order valence-corrected chi connectivity index (χ0v) is 11.0. The number of rotatable bonds is 3. The number of carbonyl (C=O) groups is 1. The molecule has 1 aromatic heterocycles. The van der Waals surface area contributed by atoms with Gasteiger partial charge in [0.25, 0.3) is 0 Å². The molecule has 0 unspecified atom stereocenters. The van der Waals surface area contributed by atoms with E-state index in [1.165, 1.54) is 6.33 Å². The van der Waals surface area contributed by atoms with E-state index in [2.05, 4.69) is 26.2 Å². The van der Waals surface area contributed by atoms with Gasteiger partial charge in [-0.2, -0.15) is 0 Å². The van der Waals surface area contributed by atoms with Gasteiger partial charge >= 0.3 is 0 Å². The first-order chi connectivity index (χ1) is 9.83. The standard InChI is InChI=1S/C13H16N6O/c20-13(10-3-2-6-14-8-10)16-11-4-1-5-12(7-11)19-9-15-17-18-19/h1,4-5,7,9-10,14H,2-3,6,8H2,(H,16,20)/t10-/m0/s1. The maximum absolute atomic E-state index is 12.2. The van der Waals surface area contributed by atoms with E-state index in [1.807, 2.05) is 24.3 Å². The van der Waals surface area contributed by atoms with Crippen LogP contribution in [-0.2, 0) is 4.79 Å². The van der Waals surface area contributed by atoms with Gasteiger partial charge in [0.15, 0.2) is 0 Å². The highest BCUT2D eigenvalue weighted by molar-refractivity contribution is 5.93. The van der Waals surface area contributed by atoms with E-state index in [9.17, 15) is 4.79 Å². The number of piperidine rings is 1. The van der Waals surface area contributed by atoms with Crippen molar-refractivity contribution in [3.63, 3.8) is 0 Å². The second-order valence-corrected chi connectivity index (χ2v) is 4.84. The largest absolute Gasteiger partial charge is 0.326 e. The molecule has 7 heteroatoms. The first-order valence-corrected chi connectivity index (χ1v) is 6.68. The molecule has 2 heterocycles. The maximum Gasteiger partial charge on any atom is 0.228 e. The Morgan fingerprint density at radius 2 is 2.40 bits per heavy atom. The lowest BCUT2D eigenvalue weighted by Crippen LogP contribution is -2.37. The number of carbonyl (C=O) groups excluding carboxylic acids is 1. The summed E-state index contributed by atoms with van der Waals surface area (Å²) >= 11 is 0. The number of amides is 1. The van der Waals surface area contributed by atoms with Crippen molar-refractivity contribution in [3.8, 4) is 5.69 Å². The van der Waals surface area contributed by atoms with Gasteiger partial charge in [0.1, 0.15) is 6.33 Å². The van der Waals surface area contributed by atoms with Crippen LogP contribution in [-0.4, -0.2) is 39.2 Å². The fourth-order valence-electron chi connectivity index (χ4n) is 2.33. The first kappa shape index (κ1) is 12.7. The Morgan fingerprint density at radius 1 is 1.45 bits per heavy atom. The minimum Gasteiger partial charge on any atom is -0.326 e. The molecule has 0 saturated carbocycles. The molecule has 1 amide bonds. The molecule has 2 N–H and O–H groups in total. The van der Waals surface area contributed by atoms with Crippen molar-refractivity contribution < 1.29 is 4.79 Å². The predicted octanol–water partition coefficient (Wildman–Crippen LogP) is 0.600. The summed E-state index contributed by atoms with van der Waals surface area (Å²) < 4.78 is 1.55. The third-order valence-electron chi connectivity index (χ3n) is 3.39. The fourth-order valence-corrected chi connectivity index (χ4v) is 2.33. The summed E-state index contributed by atoms with van der Waals surface area (Å²) in [4.78, 5) is 12.2. The Bertz CT molecular complexity index is 576. The van der Waals surface area contributed by atoms with Crippen molar-refractivity contribution in [2.45, 2.75) is 12.8 Å². The summed E-state index contributed by atoms with van der Waals surface area (Å²) in [6, 6.07) is 7.46. The van der Waals surface area contributed by atoms with Gasteiger partial charge in [0, 0.05) is 12.2 Å². The predicted molar refractivity (Wildman–Crippen MR) is 73.4 cm³/mol. The van der Waals surface area contributed by atoms with Crippen molar-refractivity contribution in [2.24, 2.45) is 5.92 Å². The molecule has 0 aliphatic carbocycles. The number of anilines is 1. The van der Waals surface area contributed by atoms with Gasteiger partial charge in [-0.25, -0.2) is 4.68 Å². The third-order valence-corrected chi connectivity index (χ3v) is 3.39. The van der Waals surface area contributed by atoms with Crippen molar-refractivity contribution in [2.75, 3.05) is 18.4 Å². The van der Waals surface area contributed by atoms with Crippen molar-refractivity contribution in [1.29, 1.82) is 0 Å². The topological polar surface area (TPSA) is 84.7 Å². The summed E-state index contributed by atoms with van der Waals surface area (Å²) in [6.07, 6.45) is 3.50. The monoisotopic (exact) mass is 272 g/mol. The smallest absolute Gasteiger partial charge is 0.228 e. The van der Waals surface area contributed by atoms with E-state index in [0.29, 0.717) is 0 Å². The van der Waals surface area contributed by atoms with Crippen LogP contribution in [0.25, 0.3) is 5.69 Å². The van der Waals surface area contributed by atoms with Gasteiger partial charge in [-0.3, -0.25) is 4.79 Å². The molecule has 0 radical (unpaired) electrons. The Balaban J connectivity index is 1.71. The second-order valence-electron chi connectivity index (χ2n) is 4.84. The molecule has 20 heavy (non-hydrogen) atoms. The van der Waals surface area contributed by atoms with Crippen LogP contribution in [0.4, 0.5) is 5.69 Å². The third kappa shape index (κ3) is 2.83. The average molecular weight is 272 g/mol. The summed E-state index contributed by atoms with van der Waals surface area (Å²) in [7, 11) is 0. The SMILES string of the molecule is O=C(Nc1cccc(-n2cnnn2)c1)[C@H]1CCCNC1. The summed E-state index contributed by atoms with van der Waals surface area (Å²) in [6.45, 7) is 1.75. The number of nitrogens with one attached hydrogen (secondary N) is 2. The Labute approximate surface area is 116 Å². The van der Waals surface area contributed by atoms with Crippen LogP contribution in [0.3, 0.4) is 0 Å². The van der Waals surface area contributed by atoms with E-state index in [0.717, 1.165) is 37.3 Å². The molecule has 1 fully saturated rings. The van der Waals surface area contributed by atoms with Gasteiger partial charge in [0.05, 0.1) is 11.6 Å². The molecule has 7 nitrogen and oxygen atoms in total. The molecule has 1 saturated heterocycles. The number of hydrogen-bond acceptors (Lipinski definition) is 5. The van der Waals surface area contributed by atoms with Crippen LogP contribution < -0.4 is 10.6 Å². The Kier molecular flexibility index (Phi) is 3.69. The molecule has 3 rings (SSSR count). The van der Waals surface area contributed by atoms with Crippen LogP contribution in [0.1, 0.15) is 12.8 Å². The van der Waals surface area contributed by atoms with E-state index >= 15 is 0 Å². The zero-order chi connectivity index (χ0) is 13.8. The van der Waals surface area contributed by atoms with Crippen LogP contribution in [0.5, 0.6) is 0 Å². The molecule has 0 bridgehead atoms. The number of hydrogen-bond donors (Lipinski definition) is 2. The highest BCUT2D eigenvalue weighted by Crippen LogP contribution is 2.16.